The first-order chi connectivity index (χ1) is 9.19. The van der Waals surface area contributed by atoms with Crippen molar-refractivity contribution < 1.29 is 0 Å². The van der Waals surface area contributed by atoms with Crippen LogP contribution in [0, 0.1) is 11.3 Å². The van der Waals surface area contributed by atoms with E-state index in [1.165, 1.54) is 19.3 Å². The summed E-state index contributed by atoms with van der Waals surface area (Å²) in [7, 11) is 0. The monoisotopic (exact) mass is 293 g/mol. The number of nitrogens with one attached hydrogen (secondary N) is 2. The van der Waals surface area contributed by atoms with Gasteiger partial charge in [-0.1, -0.05) is 30.9 Å². The van der Waals surface area contributed by atoms with Crippen LogP contribution in [0.15, 0.2) is 18.2 Å². The molecular formula is C14H16ClN3S. The van der Waals surface area contributed by atoms with Gasteiger partial charge in [-0.2, -0.15) is 5.26 Å². The predicted octanol–water partition coefficient (Wildman–Crippen LogP) is 3.83. The van der Waals surface area contributed by atoms with E-state index in [1.54, 1.807) is 18.2 Å². The molecule has 19 heavy (non-hydrogen) atoms. The molecule has 100 valence electrons. The van der Waals surface area contributed by atoms with Crippen LogP contribution in [0.25, 0.3) is 0 Å². The topological polar surface area (TPSA) is 47.9 Å². The number of hydrogen-bond acceptors (Lipinski definition) is 2. The molecule has 0 aliphatic heterocycles. The Labute approximate surface area is 123 Å². The van der Waals surface area contributed by atoms with Gasteiger partial charge >= 0.3 is 0 Å². The summed E-state index contributed by atoms with van der Waals surface area (Å²) in [6.45, 7) is 0. The molecule has 0 spiro atoms. The molecule has 1 aliphatic rings. The first-order valence-electron chi connectivity index (χ1n) is 6.46. The molecule has 3 nitrogen and oxygen atoms in total. The van der Waals surface area contributed by atoms with Crippen LogP contribution in [0.3, 0.4) is 0 Å². The van der Waals surface area contributed by atoms with Gasteiger partial charge in [-0.15, -0.1) is 0 Å². The van der Waals surface area contributed by atoms with E-state index >= 15 is 0 Å². The molecule has 0 heterocycles. The fraction of sp³-hybridized carbons (Fsp3) is 0.429. The second kappa shape index (κ2) is 6.74. The third kappa shape index (κ3) is 4.09. The summed E-state index contributed by atoms with van der Waals surface area (Å²) < 4.78 is 0. The Morgan fingerprint density at radius 3 is 2.74 bits per heavy atom. The van der Waals surface area contributed by atoms with Crippen molar-refractivity contribution >= 4 is 34.6 Å². The zero-order valence-corrected chi connectivity index (χ0v) is 12.2. The van der Waals surface area contributed by atoms with Gasteiger partial charge in [0.05, 0.1) is 22.3 Å². The molecule has 0 amide bonds. The Kier molecular flexibility index (Phi) is 5.00. The zero-order chi connectivity index (χ0) is 13.7. The SMILES string of the molecule is N#Cc1ccc(Cl)c(NC(=S)NC2CCCCC2)c1. The van der Waals surface area contributed by atoms with Crippen molar-refractivity contribution in [2.45, 2.75) is 38.1 Å². The van der Waals surface area contributed by atoms with Crippen LogP contribution in [0.5, 0.6) is 0 Å². The Balaban J connectivity index is 1.96. The van der Waals surface area contributed by atoms with E-state index in [9.17, 15) is 0 Å². The molecular weight excluding hydrogens is 278 g/mol. The molecule has 0 radical (unpaired) electrons. The van der Waals surface area contributed by atoms with Gasteiger partial charge < -0.3 is 10.6 Å². The van der Waals surface area contributed by atoms with Crippen LogP contribution < -0.4 is 10.6 Å². The fourth-order valence-corrected chi connectivity index (χ4v) is 2.72. The minimum absolute atomic E-state index is 0.451. The lowest BCUT2D eigenvalue weighted by molar-refractivity contribution is 0.415. The summed E-state index contributed by atoms with van der Waals surface area (Å²) in [6, 6.07) is 7.63. The van der Waals surface area contributed by atoms with Gasteiger partial charge in [-0.05, 0) is 43.3 Å². The number of thiocarbonyl (C=S) groups is 1. The molecule has 0 unspecified atom stereocenters. The summed E-state index contributed by atoms with van der Waals surface area (Å²) in [6.07, 6.45) is 6.14. The molecule has 2 N–H and O–H groups in total. The van der Waals surface area contributed by atoms with Gasteiger partial charge in [-0.3, -0.25) is 0 Å². The maximum absolute atomic E-state index is 8.88. The lowest BCUT2D eigenvalue weighted by atomic mass is 9.96. The quantitative estimate of drug-likeness (QED) is 0.814. The van der Waals surface area contributed by atoms with E-state index in [0.717, 1.165) is 12.8 Å². The number of hydrogen-bond donors (Lipinski definition) is 2. The van der Waals surface area contributed by atoms with E-state index in [4.69, 9.17) is 29.1 Å². The number of nitriles is 1. The van der Waals surface area contributed by atoms with E-state index in [-0.39, 0.29) is 0 Å². The fourth-order valence-electron chi connectivity index (χ4n) is 2.28. The maximum Gasteiger partial charge on any atom is 0.171 e. The molecule has 1 fully saturated rings. The lowest BCUT2D eigenvalue weighted by Gasteiger charge is -2.24. The van der Waals surface area contributed by atoms with Crippen LogP contribution in [-0.4, -0.2) is 11.2 Å². The van der Waals surface area contributed by atoms with Crippen molar-refractivity contribution in [2.24, 2.45) is 0 Å². The van der Waals surface area contributed by atoms with Crippen LogP contribution in [0.1, 0.15) is 37.7 Å². The first kappa shape index (κ1) is 14.1. The first-order valence-corrected chi connectivity index (χ1v) is 7.25. The van der Waals surface area contributed by atoms with Crippen molar-refractivity contribution in [1.29, 1.82) is 5.26 Å². The van der Waals surface area contributed by atoms with Crippen LogP contribution in [0.4, 0.5) is 5.69 Å². The molecule has 5 heteroatoms. The Bertz CT molecular complexity index is 504. The second-order valence-electron chi connectivity index (χ2n) is 4.74. The number of anilines is 1. The van der Waals surface area contributed by atoms with Gasteiger partial charge in [-0.25, -0.2) is 0 Å². The van der Waals surface area contributed by atoms with Crippen LogP contribution >= 0.6 is 23.8 Å². The Morgan fingerprint density at radius 2 is 2.05 bits per heavy atom. The highest BCUT2D eigenvalue weighted by atomic mass is 35.5. The highest BCUT2D eigenvalue weighted by Crippen LogP contribution is 2.23. The average molecular weight is 294 g/mol. The number of nitrogens with zero attached hydrogens (tertiary/aromatic N) is 1. The van der Waals surface area contributed by atoms with Gasteiger partial charge in [0, 0.05) is 6.04 Å². The molecule has 1 saturated carbocycles. The minimum atomic E-state index is 0.451. The van der Waals surface area contributed by atoms with Gasteiger partial charge in [0.15, 0.2) is 5.11 Å². The standard InChI is InChI=1S/C14H16ClN3S/c15-12-7-6-10(9-16)8-13(12)18-14(19)17-11-4-2-1-3-5-11/h6-8,11H,1-5H2,(H2,17,18,19). The minimum Gasteiger partial charge on any atom is -0.360 e. The summed E-state index contributed by atoms with van der Waals surface area (Å²) in [4.78, 5) is 0. The molecule has 0 bridgehead atoms. The van der Waals surface area contributed by atoms with Crippen molar-refractivity contribution in [3.8, 4) is 6.07 Å². The summed E-state index contributed by atoms with van der Waals surface area (Å²) in [5, 5.41) is 16.4. The van der Waals surface area contributed by atoms with Crippen molar-refractivity contribution in [3.05, 3.63) is 28.8 Å². The van der Waals surface area contributed by atoms with Crippen molar-refractivity contribution in [2.75, 3.05) is 5.32 Å². The third-order valence-corrected chi connectivity index (χ3v) is 3.83. The van der Waals surface area contributed by atoms with Crippen LogP contribution in [0.2, 0.25) is 5.02 Å². The second-order valence-corrected chi connectivity index (χ2v) is 5.56. The average Bonchev–Trinajstić information content (AvgIpc) is 2.42. The number of benzene rings is 1. The number of halogens is 1. The van der Waals surface area contributed by atoms with E-state index in [0.29, 0.717) is 27.4 Å². The highest BCUT2D eigenvalue weighted by molar-refractivity contribution is 7.80. The molecule has 1 aromatic carbocycles. The Hall–Kier alpha value is -1.31. The van der Waals surface area contributed by atoms with Crippen molar-refractivity contribution in [1.82, 2.24) is 5.32 Å². The smallest absolute Gasteiger partial charge is 0.171 e. The van der Waals surface area contributed by atoms with Gasteiger partial charge in [0.25, 0.3) is 0 Å². The van der Waals surface area contributed by atoms with E-state index in [2.05, 4.69) is 16.7 Å². The normalized spacial score (nSPS) is 15.6. The molecule has 1 aromatic rings. The van der Waals surface area contributed by atoms with Crippen molar-refractivity contribution in [3.63, 3.8) is 0 Å². The predicted molar refractivity (Wildman–Crippen MR) is 82.4 cm³/mol. The maximum atomic E-state index is 8.88. The molecule has 1 aliphatic carbocycles. The highest BCUT2D eigenvalue weighted by Gasteiger charge is 2.14. The summed E-state index contributed by atoms with van der Waals surface area (Å²) >= 11 is 11.4. The Morgan fingerprint density at radius 1 is 1.32 bits per heavy atom. The zero-order valence-electron chi connectivity index (χ0n) is 10.6. The third-order valence-electron chi connectivity index (χ3n) is 3.28. The molecule has 0 saturated heterocycles. The van der Waals surface area contributed by atoms with E-state index < -0.39 is 0 Å². The molecule has 0 atom stereocenters. The summed E-state index contributed by atoms with van der Waals surface area (Å²) in [5.74, 6) is 0. The molecule has 2 rings (SSSR count). The van der Waals surface area contributed by atoms with E-state index in [1.807, 2.05) is 0 Å². The molecule has 0 aromatic heterocycles. The van der Waals surface area contributed by atoms with Crippen LogP contribution in [-0.2, 0) is 0 Å². The largest absolute Gasteiger partial charge is 0.360 e. The number of rotatable bonds is 2. The van der Waals surface area contributed by atoms with Gasteiger partial charge in [0.2, 0.25) is 0 Å². The van der Waals surface area contributed by atoms with Gasteiger partial charge in [0.1, 0.15) is 0 Å². The lowest BCUT2D eigenvalue weighted by Crippen LogP contribution is -2.38. The summed E-state index contributed by atoms with van der Waals surface area (Å²) in [5.41, 5.74) is 1.24.